The van der Waals surface area contributed by atoms with Crippen LogP contribution in [0, 0.1) is 5.92 Å². The van der Waals surface area contributed by atoms with Gasteiger partial charge < -0.3 is 19.8 Å². The molecular formula is C29H30N2O4. The summed E-state index contributed by atoms with van der Waals surface area (Å²) in [4.78, 5) is 26.7. The van der Waals surface area contributed by atoms with E-state index in [1.165, 1.54) is 11.7 Å². The van der Waals surface area contributed by atoms with E-state index in [1.54, 1.807) is 12.1 Å². The molecule has 6 heteroatoms. The van der Waals surface area contributed by atoms with Crippen LogP contribution in [-0.2, 0) is 24.4 Å². The van der Waals surface area contributed by atoms with E-state index in [9.17, 15) is 9.59 Å². The highest BCUT2D eigenvalue weighted by Crippen LogP contribution is 2.34. The van der Waals surface area contributed by atoms with E-state index in [-0.39, 0.29) is 17.2 Å². The molecule has 180 valence electrons. The third kappa shape index (κ3) is 5.12. The molecule has 0 bridgehead atoms. The number of aromatic nitrogens is 1. The Morgan fingerprint density at radius 2 is 1.66 bits per heavy atom. The second kappa shape index (κ2) is 10.6. The molecule has 0 unspecified atom stereocenters. The highest BCUT2D eigenvalue weighted by molar-refractivity contribution is 6.07. The van der Waals surface area contributed by atoms with Gasteiger partial charge in [-0.15, -0.1) is 0 Å². The van der Waals surface area contributed by atoms with Gasteiger partial charge in [0.2, 0.25) is 0 Å². The molecule has 0 spiro atoms. The molecule has 1 aromatic heterocycles. The molecule has 35 heavy (non-hydrogen) atoms. The number of carbonyl (C=O) groups is 1. The van der Waals surface area contributed by atoms with E-state index in [0.717, 1.165) is 16.7 Å². The summed E-state index contributed by atoms with van der Waals surface area (Å²) in [6, 6.07) is 23.0. The third-order valence-corrected chi connectivity index (χ3v) is 5.90. The maximum atomic E-state index is 13.6. The van der Waals surface area contributed by atoms with Crippen LogP contribution in [-0.4, -0.2) is 17.6 Å². The van der Waals surface area contributed by atoms with Crippen LogP contribution in [0.5, 0.6) is 5.75 Å². The molecule has 0 fully saturated rings. The van der Waals surface area contributed by atoms with Crippen molar-refractivity contribution < 1.29 is 14.3 Å². The van der Waals surface area contributed by atoms with Gasteiger partial charge in [0.05, 0.1) is 7.11 Å². The first kappa shape index (κ1) is 24.2. The molecule has 0 aliphatic rings. The molecule has 4 rings (SSSR count). The Labute approximate surface area is 204 Å². The molecule has 0 radical (unpaired) electrons. The van der Waals surface area contributed by atoms with Crippen LogP contribution in [0.1, 0.15) is 35.5 Å². The van der Waals surface area contributed by atoms with E-state index < -0.39 is 5.97 Å². The normalized spacial score (nSPS) is 11.1. The van der Waals surface area contributed by atoms with Gasteiger partial charge in [-0.2, -0.15) is 0 Å². The summed E-state index contributed by atoms with van der Waals surface area (Å²) in [7, 11) is 1.33. The molecule has 0 atom stereocenters. The molecule has 2 N–H and O–H groups in total. The monoisotopic (exact) mass is 470 g/mol. The van der Waals surface area contributed by atoms with E-state index in [4.69, 9.17) is 15.2 Å². The largest absolute Gasteiger partial charge is 0.489 e. The Balaban J connectivity index is 1.96. The van der Waals surface area contributed by atoms with Crippen molar-refractivity contribution in [1.29, 1.82) is 0 Å². The van der Waals surface area contributed by atoms with Crippen molar-refractivity contribution in [3.8, 4) is 16.9 Å². The highest BCUT2D eigenvalue weighted by Gasteiger charge is 2.25. The van der Waals surface area contributed by atoms with Gasteiger partial charge in [0, 0.05) is 29.4 Å². The first-order valence-electron chi connectivity index (χ1n) is 11.7. The van der Waals surface area contributed by atoms with Crippen molar-refractivity contribution in [3.63, 3.8) is 0 Å². The van der Waals surface area contributed by atoms with Gasteiger partial charge >= 0.3 is 5.97 Å². The zero-order valence-corrected chi connectivity index (χ0v) is 20.3. The number of pyridine rings is 1. The Morgan fingerprint density at radius 3 is 2.29 bits per heavy atom. The maximum absolute atomic E-state index is 13.6. The number of carbonyl (C=O) groups excluding carboxylic acids is 1. The lowest BCUT2D eigenvalue weighted by Gasteiger charge is -2.20. The fourth-order valence-electron chi connectivity index (χ4n) is 4.20. The minimum Gasteiger partial charge on any atom is -0.489 e. The second-order valence-electron chi connectivity index (χ2n) is 8.91. The van der Waals surface area contributed by atoms with Crippen molar-refractivity contribution in [2.45, 2.75) is 33.5 Å². The van der Waals surface area contributed by atoms with Crippen LogP contribution in [0.3, 0.4) is 0 Å². The molecule has 0 aliphatic carbocycles. The van der Waals surface area contributed by atoms with Gasteiger partial charge in [0.15, 0.2) is 0 Å². The summed E-state index contributed by atoms with van der Waals surface area (Å²) in [5.74, 6) is 0.200. The van der Waals surface area contributed by atoms with Crippen molar-refractivity contribution in [1.82, 2.24) is 4.57 Å². The average molecular weight is 471 g/mol. The van der Waals surface area contributed by atoms with Gasteiger partial charge in [-0.1, -0.05) is 68.4 Å². The number of methoxy groups -OCH3 is 1. The number of hydrogen-bond donors (Lipinski definition) is 1. The quantitative estimate of drug-likeness (QED) is 0.360. The van der Waals surface area contributed by atoms with Crippen LogP contribution in [0.2, 0.25) is 0 Å². The van der Waals surface area contributed by atoms with E-state index in [0.29, 0.717) is 41.8 Å². The number of nitrogens with two attached hydrogens (primary N) is 1. The van der Waals surface area contributed by atoms with Crippen LogP contribution >= 0.6 is 0 Å². The van der Waals surface area contributed by atoms with Gasteiger partial charge in [-0.05, 0) is 40.8 Å². The summed E-state index contributed by atoms with van der Waals surface area (Å²) >= 11 is 0. The molecule has 0 amide bonds. The number of fused-ring (bicyclic) bond motifs is 1. The summed E-state index contributed by atoms with van der Waals surface area (Å²) in [6.07, 6.45) is 0. The lowest BCUT2D eigenvalue weighted by Crippen LogP contribution is -2.29. The third-order valence-electron chi connectivity index (χ3n) is 5.90. The molecule has 0 saturated heterocycles. The predicted octanol–water partition coefficient (Wildman–Crippen LogP) is 5.15. The topological polar surface area (TPSA) is 83.6 Å². The summed E-state index contributed by atoms with van der Waals surface area (Å²) < 4.78 is 12.7. The van der Waals surface area contributed by atoms with Crippen LogP contribution in [0.4, 0.5) is 0 Å². The number of ether oxygens (including phenoxy) is 2. The van der Waals surface area contributed by atoms with E-state index in [1.807, 2.05) is 74.5 Å². The number of benzene rings is 3. The Bertz CT molecular complexity index is 1390. The van der Waals surface area contributed by atoms with E-state index in [2.05, 4.69) is 0 Å². The van der Waals surface area contributed by atoms with Gasteiger partial charge in [0.1, 0.15) is 18.1 Å². The highest BCUT2D eigenvalue weighted by atomic mass is 16.5. The molecule has 0 saturated carbocycles. The van der Waals surface area contributed by atoms with Crippen molar-refractivity contribution in [3.05, 3.63) is 100.0 Å². The summed E-state index contributed by atoms with van der Waals surface area (Å²) in [6.45, 7) is 5.21. The molecule has 3 aromatic carbocycles. The fraction of sp³-hybridized carbons (Fsp3) is 0.241. The Kier molecular flexibility index (Phi) is 7.32. The number of nitrogens with zero attached hydrogens (tertiary/aromatic N) is 1. The predicted molar refractivity (Wildman–Crippen MR) is 138 cm³/mol. The minimum atomic E-state index is -0.557. The SMILES string of the molecule is COC(=O)c1c(-c2ccc(CN)cc2)c2cc(OCc3ccccc3)ccc2c(=O)n1CC(C)C. The fourth-order valence-corrected chi connectivity index (χ4v) is 4.20. The molecule has 1 heterocycles. The Morgan fingerprint density at radius 1 is 0.943 bits per heavy atom. The van der Waals surface area contributed by atoms with E-state index >= 15 is 0 Å². The Hall–Kier alpha value is -3.90. The zero-order valence-electron chi connectivity index (χ0n) is 20.3. The lowest BCUT2D eigenvalue weighted by atomic mass is 9.95. The number of rotatable bonds is 8. The van der Waals surface area contributed by atoms with Gasteiger partial charge in [-0.25, -0.2) is 4.79 Å². The smallest absolute Gasteiger partial charge is 0.355 e. The van der Waals surface area contributed by atoms with Crippen molar-refractivity contribution in [2.24, 2.45) is 11.7 Å². The minimum absolute atomic E-state index is 0.148. The number of hydrogen-bond acceptors (Lipinski definition) is 5. The van der Waals surface area contributed by atoms with Gasteiger partial charge in [-0.3, -0.25) is 4.79 Å². The van der Waals surface area contributed by atoms with Crippen molar-refractivity contribution >= 4 is 16.7 Å². The van der Waals surface area contributed by atoms with Crippen LogP contribution in [0.25, 0.3) is 21.9 Å². The summed E-state index contributed by atoms with van der Waals surface area (Å²) in [5.41, 5.74) is 9.24. The van der Waals surface area contributed by atoms with Crippen LogP contribution < -0.4 is 16.0 Å². The number of esters is 1. The first-order valence-corrected chi connectivity index (χ1v) is 11.7. The molecule has 6 nitrogen and oxygen atoms in total. The molecular weight excluding hydrogens is 440 g/mol. The molecule has 0 aliphatic heterocycles. The first-order chi connectivity index (χ1) is 16.9. The van der Waals surface area contributed by atoms with Crippen LogP contribution in [0.15, 0.2) is 77.6 Å². The maximum Gasteiger partial charge on any atom is 0.355 e. The summed E-state index contributed by atoms with van der Waals surface area (Å²) in [5, 5.41) is 1.16. The van der Waals surface area contributed by atoms with Crippen molar-refractivity contribution in [2.75, 3.05) is 7.11 Å². The second-order valence-corrected chi connectivity index (χ2v) is 8.91. The zero-order chi connectivity index (χ0) is 24.9. The molecule has 4 aromatic rings. The van der Waals surface area contributed by atoms with Gasteiger partial charge in [0.25, 0.3) is 5.56 Å². The standard InChI is InChI=1S/C29H30N2O4/c1-19(2)17-31-27(29(33)34-3)26(22-11-9-20(16-30)10-12-22)25-15-23(13-14-24(25)28(31)32)35-18-21-7-5-4-6-8-21/h4-15,19H,16-18,30H2,1-3H3. The average Bonchev–Trinajstić information content (AvgIpc) is 2.88. The lowest BCUT2D eigenvalue weighted by molar-refractivity contribution is 0.0587.